The number of nitrogens with zero attached hydrogens (tertiary/aromatic N) is 1. The van der Waals surface area contributed by atoms with Crippen molar-refractivity contribution in [3.05, 3.63) is 59.8 Å². The summed E-state index contributed by atoms with van der Waals surface area (Å²) < 4.78 is 17.2. The van der Waals surface area contributed by atoms with Crippen LogP contribution in [0.3, 0.4) is 0 Å². The van der Waals surface area contributed by atoms with Crippen LogP contribution in [0.1, 0.15) is 35.7 Å². The number of Topliss-reactive ketones (excluding diaryl/α,β-unsaturated/α-hetero) is 1. The standard InChI is InChI=1S/C23H26N2O3S/c1-4-8-20(26)18-15-24-23-17(10-7-12-21(23)28-13-14-29(3)27)22(18)25-19-11-6-5-9-16(19)2/h5-7,9-12,15H,4,8,13-14H2,1-3H3,(H,24,25). The van der Waals surface area contributed by atoms with Crippen molar-refractivity contribution in [1.29, 1.82) is 0 Å². The van der Waals surface area contributed by atoms with Gasteiger partial charge in [-0.1, -0.05) is 37.3 Å². The summed E-state index contributed by atoms with van der Waals surface area (Å²) in [5.41, 5.74) is 4.03. The Bertz CT molecular complexity index is 1050. The Balaban J connectivity index is 2.10. The van der Waals surface area contributed by atoms with E-state index in [2.05, 4.69) is 10.3 Å². The van der Waals surface area contributed by atoms with E-state index in [4.69, 9.17) is 4.74 Å². The number of ketones is 1. The molecule has 152 valence electrons. The number of rotatable bonds is 9. The average Bonchev–Trinajstić information content (AvgIpc) is 2.70. The van der Waals surface area contributed by atoms with Gasteiger partial charge in [-0.15, -0.1) is 0 Å². The van der Waals surface area contributed by atoms with Crippen LogP contribution >= 0.6 is 0 Å². The van der Waals surface area contributed by atoms with Crippen LogP contribution in [0.2, 0.25) is 0 Å². The van der Waals surface area contributed by atoms with Gasteiger partial charge in [0.1, 0.15) is 11.3 Å². The summed E-state index contributed by atoms with van der Waals surface area (Å²) in [6.07, 6.45) is 4.53. The molecular formula is C23H26N2O3S. The van der Waals surface area contributed by atoms with Crippen LogP contribution in [0, 0.1) is 6.92 Å². The highest BCUT2D eigenvalue weighted by atomic mass is 32.2. The van der Waals surface area contributed by atoms with E-state index in [1.807, 2.05) is 56.3 Å². The summed E-state index contributed by atoms with van der Waals surface area (Å²) in [7, 11) is -0.921. The van der Waals surface area contributed by atoms with E-state index >= 15 is 0 Å². The number of anilines is 2. The molecule has 0 saturated heterocycles. The first-order valence-electron chi connectivity index (χ1n) is 9.71. The molecule has 3 aromatic rings. The molecule has 0 saturated carbocycles. The molecule has 1 N–H and O–H groups in total. The van der Waals surface area contributed by atoms with Gasteiger partial charge in [0.15, 0.2) is 5.78 Å². The van der Waals surface area contributed by atoms with Gasteiger partial charge in [-0.25, -0.2) is 0 Å². The van der Waals surface area contributed by atoms with Crippen molar-refractivity contribution in [2.24, 2.45) is 0 Å². The first-order valence-corrected chi connectivity index (χ1v) is 11.4. The normalized spacial score (nSPS) is 12.0. The summed E-state index contributed by atoms with van der Waals surface area (Å²) >= 11 is 0. The first kappa shape index (κ1) is 21.0. The molecule has 1 unspecified atom stereocenters. The molecule has 0 amide bonds. The van der Waals surface area contributed by atoms with Crippen molar-refractivity contribution in [3.8, 4) is 5.75 Å². The topological polar surface area (TPSA) is 68.3 Å². The van der Waals surface area contributed by atoms with Crippen LogP contribution in [-0.4, -0.2) is 33.6 Å². The average molecular weight is 411 g/mol. The SMILES string of the molecule is CCCC(=O)c1cnc2c(OCCS(C)=O)cccc2c1Nc1ccccc1C. The van der Waals surface area contributed by atoms with Crippen LogP contribution in [0.5, 0.6) is 5.75 Å². The van der Waals surface area contributed by atoms with Crippen molar-refractivity contribution in [3.63, 3.8) is 0 Å². The second kappa shape index (κ2) is 9.65. The number of ether oxygens (including phenoxy) is 1. The highest BCUT2D eigenvalue weighted by Crippen LogP contribution is 2.35. The van der Waals surface area contributed by atoms with Gasteiger partial charge in [-0.05, 0) is 31.0 Å². The zero-order valence-corrected chi connectivity index (χ0v) is 17.8. The maximum absolute atomic E-state index is 12.8. The molecule has 1 aromatic heterocycles. The predicted molar refractivity (Wildman–Crippen MR) is 120 cm³/mol. The monoisotopic (exact) mass is 410 g/mol. The Labute approximate surface area is 174 Å². The fourth-order valence-corrected chi connectivity index (χ4v) is 3.46. The number of carbonyl (C=O) groups excluding carboxylic acids is 1. The molecule has 0 radical (unpaired) electrons. The Morgan fingerprint density at radius 3 is 2.69 bits per heavy atom. The Morgan fingerprint density at radius 1 is 1.17 bits per heavy atom. The number of aryl methyl sites for hydroxylation is 1. The third-order valence-corrected chi connectivity index (χ3v) is 5.41. The summed E-state index contributed by atoms with van der Waals surface area (Å²) in [6.45, 7) is 4.37. The molecule has 5 nitrogen and oxygen atoms in total. The summed E-state index contributed by atoms with van der Waals surface area (Å²) in [5.74, 6) is 1.14. The Morgan fingerprint density at radius 2 is 1.97 bits per heavy atom. The molecule has 0 bridgehead atoms. The van der Waals surface area contributed by atoms with Crippen molar-refractivity contribution in [2.45, 2.75) is 26.7 Å². The molecule has 6 heteroatoms. The quantitative estimate of drug-likeness (QED) is 0.501. The van der Waals surface area contributed by atoms with E-state index in [0.29, 0.717) is 35.6 Å². The number of hydrogen-bond acceptors (Lipinski definition) is 5. The summed E-state index contributed by atoms with van der Waals surface area (Å²) in [6, 6.07) is 13.6. The second-order valence-corrected chi connectivity index (χ2v) is 8.49. The highest BCUT2D eigenvalue weighted by molar-refractivity contribution is 7.84. The van der Waals surface area contributed by atoms with E-state index in [1.165, 1.54) is 0 Å². The molecule has 0 fully saturated rings. The van der Waals surface area contributed by atoms with Gasteiger partial charge in [0, 0.05) is 40.7 Å². The van der Waals surface area contributed by atoms with E-state index in [0.717, 1.165) is 28.7 Å². The van der Waals surface area contributed by atoms with Crippen LogP contribution in [0.4, 0.5) is 11.4 Å². The molecule has 1 atom stereocenters. The van der Waals surface area contributed by atoms with Crippen molar-refractivity contribution in [1.82, 2.24) is 4.98 Å². The van der Waals surface area contributed by atoms with Gasteiger partial charge in [0.25, 0.3) is 0 Å². The maximum atomic E-state index is 12.8. The van der Waals surface area contributed by atoms with Gasteiger partial charge in [0.2, 0.25) is 0 Å². The van der Waals surface area contributed by atoms with Crippen molar-refractivity contribution in [2.75, 3.05) is 23.9 Å². The third-order valence-electron chi connectivity index (χ3n) is 4.67. The predicted octanol–water partition coefficient (Wildman–Crippen LogP) is 5.03. The number of aromatic nitrogens is 1. The van der Waals surface area contributed by atoms with Crippen LogP contribution in [-0.2, 0) is 10.8 Å². The van der Waals surface area contributed by atoms with Crippen molar-refractivity contribution >= 4 is 38.9 Å². The number of hydrogen-bond donors (Lipinski definition) is 1. The lowest BCUT2D eigenvalue weighted by Gasteiger charge is -2.17. The molecule has 29 heavy (non-hydrogen) atoms. The summed E-state index contributed by atoms with van der Waals surface area (Å²) in [5, 5.41) is 4.28. The van der Waals surface area contributed by atoms with E-state index < -0.39 is 10.8 Å². The Kier molecular flexibility index (Phi) is 6.99. The van der Waals surface area contributed by atoms with Crippen LogP contribution < -0.4 is 10.1 Å². The molecule has 0 spiro atoms. The lowest BCUT2D eigenvalue weighted by atomic mass is 10.0. The minimum Gasteiger partial charge on any atom is -0.490 e. The van der Waals surface area contributed by atoms with Crippen molar-refractivity contribution < 1.29 is 13.7 Å². The minimum absolute atomic E-state index is 0.0608. The van der Waals surface area contributed by atoms with Gasteiger partial charge >= 0.3 is 0 Å². The minimum atomic E-state index is -0.921. The van der Waals surface area contributed by atoms with Crippen LogP contribution in [0.25, 0.3) is 10.9 Å². The van der Waals surface area contributed by atoms with E-state index in [1.54, 1.807) is 12.5 Å². The van der Waals surface area contributed by atoms with E-state index in [-0.39, 0.29) is 5.78 Å². The molecule has 2 aromatic carbocycles. The highest BCUT2D eigenvalue weighted by Gasteiger charge is 2.17. The number of benzene rings is 2. The fourth-order valence-electron chi connectivity index (χ4n) is 3.14. The number of carbonyl (C=O) groups is 1. The zero-order chi connectivity index (χ0) is 20.8. The second-order valence-electron chi connectivity index (χ2n) is 6.94. The number of fused-ring (bicyclic) bond motifs is 1. The zero-order valence-electron chi connectivity index (χ0n) is 17.0. The smallest absolute Gasteiger partial charge is 0.166 e. The molecule has 0 aliphatic heterocycles. The van der Waals surface area contributed by atoms with Crippen LogP contribution in [0.15, 0.2) is 48.7 Å². The maximum Gasteiger partial charge on any atom is 0.166 e. The molecular weight excluding hydrogens is 384 g/mol. The van der Waals surface area contributed by atoms with Gasteiger partial charge in [-0.3, -0.25) is 14.0 Å². The lowest BCUT2D eigenvalue weighted by molar-refractivity contribution is 0.0982. The number of nitrogens with one attached hydrogen (secondary N) is 1. The lowest BCUT2D eigenvalue weighted by Crippen LogP contribution is -2.09. The molecule has 0 aliphatic rings. The van der Waals surface area contributed by atoms with Gasteiger partial charge in [-0.2, -0.15) is 0 Å². The van der Waals surface area contributed by atoms with Gasteiger partial charge in [0.05, 0.1) is 23.6 Å². The largest absolute Gasteiger partial charge is 0.490 e. The molecule has 3 rings (SSSR count). The molecule has 0 aliphatic carbocycles. The molecule has 1 heterocycles. The Hall–Kier alpha value is -2.73. The number of pyridine rings is 1. The third kappa shape index (κ3) is 5.01. The van der Waals surface area contributed by atoms with Gasteiger partial charge < -0.3 is 10.1 Å². The summed E-state index contributed by atoms with van der Waals surface area (Å²) in [4.78, 5) is 17.3. The fraction of sp³-hybridized carbons (Fsp3) is 0.304. The number of para-hydroxylation sites is 2. The van der Waals surface area contributed by atoms with E-state index in [9.17, 15) is 9.00 Å². The first-order chi connectivity index (χ1) is 14.0.